The smallest absolute Gasteiger partial charge is 0 e. The Morgan fingerprint density at radius 2 is 1.46 bits per heavy atom. The average molecular weight is 840 g/mol. The maximum atomic E-state index is 6.35. The number of rotatable bonds is 4. The first-order valence-corrected chi connectivity index (χ1v) is 22.8. The molecule has 0 amide bonds. The first-order chi connectivity index (χ1) is 21.6. The first kappa shape index (κ1) is 33.5. The molecule has 0 atom stereocenters. The van der Waals surface area contributed by atoms with Crippen LogP contribution in [0.3, 0.4) is 0 Å². The minimum atomic E-state index is -1.72. The molecule has 0 unspecified atom stereocenters. The van der Waals surface area contributed by atoms with Crippen molar-refractivity contribution in [2.45, 2.75) is 43.5 Å². The van der Waals surface area contributed by atoms with E-state index in [4.69, 9.17) is 4.42 Å². The summed E-state index contributed by atoms with van der Waals surface area (Å²) in [5.74, 6) is 7.14. The summed E-state index contributed by atoms with van der Waals surface area (Å²) in [5.41, 5.74) is 9.24. The number of hydrogen-bond acceptors (Lipinski definition) is 3. The molecule has 0 aliphatic heterocycles. The second kappa shape index (κ2) is 13.9. The molecule has 4 aromatic carbocycles. The largest absolute Gasteiger partial charge is 0 e. The van der Waals surface area contributed by atoms with Crippen LogP contribution in [0.2, 0.25) is 17.3 Å². The third-order valence-corrected chi connectivity index (χ3v) is 12.3. The van der Waals surface area contributed by atoms with Gasteiger partial charge in [0.1, 0.15) is 5.58 Å². The Hall–Kier alpha value is -3.83. The van der Waals surface area contributed by atoms with Gasteiger partial charge in [-0.3, -0.25) is 0 Å². The van der Waals surface area contributed by atoms with Gasteiger partial charge in [0.15, 0.2) is 0 Å². The fraction of sp³-hybridized carbons (Fsp3) is 0.171. The van der Waals surface area contributed by atoms with Crippen molar-refractivity contribution in [3.63, 3.8) is 0 Å². The molecule has 0 saturated carbocycles. The molecule has 233 valence electrons. The van der Waals surface area contributed by atoms with E-state index in [1.165, 1.54) is 15.5 Å². The summed E-state index contributed by atoms with van der Waals surface area (Å²) in [5, 5.41) is 2.21. The van der Waals surface area contributed by atoms with E-state index < -0.39 is 13.3 Å². The van der Waals surface area contributed by atoms with Crippen molar-refractivity contribution in [1.29, 1.82) is 0 Å². The second-order valence-electron chi connectivity index (χ2n) is 13.4. The van der Waals surface area contributed by atoms with Gasteiger partial charge < -0.3 is 9.40 Å². The average Bonchev–Trinajstić information content (AvgIpc) is 3.43. The van der Waals surface area contributed by atoms with Gasteiger partial charge in [-0.05, 0) is 39.9 Å². The molecule has 3 nitrogen and oxygen atoms in total. The SMILES string of the molecule is CC(C)(C)c1ccnc(-c2[c-]ccc3c2oc2cc(-c4ccccc4)ccc23)c1.[CH3][Ge]([CH3])([CH3])[c]1ccc(-c2[c-]cccc2)nc1.[Ir]. The molecule has 5 heteroatoms. The zero-order chi connectivity index (χ0) is 31.6. The number of benzene rings is 4. The minimum absolute atomic E-state index is 0. The Morgan fingerprint density at radius 3 is 2.13 bits per heavy atom. The Kier molecular flexibility index (Phi) is 10.1. The van der Waals surface area contributed by atoms with Crippen molar-refractivity contribution in [3.05, 3.63) is 139 Å². The summed E-state index contributed by atoms with van der Waals surface area (Å²) >= 11 is -1.72. The van der Waals surface area contributed by atoms with Crippen LogP contribution in [-0.2, 0) is 25.5 Å². The van der Waals surface area contributed by atoms with E-state index in [0.717, 1.165) is 50.0 Å². The van der Waals surface area contributed by atoms with Gasteiger partial charge in [-0.2, -0.15) is 0 Å². The van der Waals surface area contributed by atoms with Crippen molar-refractivity contribution >= 4 is 39.6 Å². The van der Waals surface area contributed by atoms with Crippen molar-refractivity contribution in [1.82, 2.24) is 9.97 Å². The Labute approximate surface area is 288 Å². The number of pyridine rings is 2. The third kappa shape index (κ3) is 7.42. The fourth-order valence-electron chi connectivity index (χ4n) is 5.33. The second-order valence-corrected chi connectivity index (χ2v) is 24.1. The van der Waals surface area contributed by atoms with Gasteiger partial charge in [0.25, 0.3) is 0 Å². The molecule has 46 heavy (non-hydrogen) atoms. The van der Waals surface area contributed by atoms with Crippen molar-refractivity contribution in [2.75, 3.05) is 0 Å². The monoisotopic (exact) mass is 841 g/mol. The fourth-order valence-corrected chi connectivity index (χ4v) is 7.50. The molecule has 0 aliphatic rings. The molecule has 0 bridgehead atoms. The van der Waals surface area contributed by atoms with Crippen LogP contribution >= 0.6 is 0 Å². The van der Waals surface area contributed by atoms with Crippen molar-refractivity contribution < 1.29 is 24.5 Å². The zero-order valence-electron chi connectivity index (χ0n) is 27.2. The van der Waals surface area contributed by atoms with Gasteiger partial charge in [-0.1, -0.05) is 80.3 Å². The van der Waals surface area contributed by atoms with E-state index in [1.807, 2.05) is 48.8 Å². The van der Waals surface area contributed by atoms with Crippen LogP contribution in [0.4, 0.5) is 0 Å². The van der Waals surface area contributed by atoms with Gasteiger partial charge in [0, 0.05) is 31.7 Å². The van der Waals surface area contributed by atoms with E-state index >= 15 is 0 Å². The molecular weight excluding hydrogens is 801 g/mol. The molecular formula is C41H38GeIrN2O-2. The molecule has 7 aromatic rings. The summed E-state index contributed by atoms with van der Waals surface area (Å²) in [4.78, 5) is 9.15. The third-order valence-electron chi connectivity index (χ3n) is 8.04. The van der Waals surface area contributed by atoms with E-state index in [0.29, 0.717) is 0 Å². The Morgan fingerprint density at radius 1 is 0.674 bits per heavy atom. The van der Waals surface area contributed by atoms with Crippen LogP contribution in [0.15, 0.2) is 126 Å². The predicted octanol–water partition coefficient (Wildman–Crippen LogP) is 10.5. The molecule has 0 aliphatic carbocycles. The van der Waals surface area contributed by atoms with Crippen LogP contribution in [0.5, 0.6) is 0 Å². The number of furan rings is 1. The van der Waals surface area contributed by atoms with E-state index in [9.17, 15) is 0 Å². The summed E-state index contributed by atoms with van der Waals surface area (Å²) in [6.45, 7) is 6.63. The molecule has 7 rings (SSSR count). The van der Waals surface area contributed by atoms with Gasteiger partial charge in [0.2, 0.25) is 0 Å². The quantitative estimate of drug-likeness (QED) is 0.131. The summed E-state index contributed by atoms with van der Waals surface area (Å²) in [6.07, 6.45) is 3.91. The Balaban J connectivity index is 0.000000209. The summed E-state index contributed by atoms with van der Waals surface area (Å²) in [6, 6.07) is 43.9. The number of aromatic nitrogens is 2. The minimum Gasteiger partial charge on any atom is 0 e. The predicted molar refractivity (Wildman–Crippen MR) is 191 cm³/mol. The molecule has 3 aromatic heterocycles. The summed E-state index contributed by atoms with van der Waals surface area (Å²) < 4.78 is 7.80. The van der Waals surface area contributed by atoms with Crippen molar-refractivity contribution in [3.8, 4) is 33.6 Å². The van der Waals surface area contributed by atoms with Crippen molar-refractivity contribution in [2.24, 2.45) is 0 Å². The van der Waals surface area contributed by atoms with Gasteiger partial charge in [-0.25, -0.2) is 0 Å². The van der Waals surface area contributed by atoms with Crippen LogP contribution < -0.4 is 4.40 Å². The van der Waals surface area contributed by atoms with E-state index in [1.54, 1.807) is 0 Å². The molecule has 0 N–H and O–H groups in total. The van der Waals surface area contributed by atoms with Crippen LogP contribution in [0.25, 0.3) is 55.6 Å². The van der Waals surface area contributed by atoms with Gasteiger partial charge in [0.05, 0.1) is 5.58 Å². The number of fused-ring (bicyclic) bond motifs is 3. The molecule has 3 heterocycles. The van der Waals surface area contributed by atoms with Crippen LogP contribution in [-0.4, -0.2) is 23.2 Å². The van der Waals surface area contributed by atoms with Crippen LogP contribution in [0.1, 0.15) is 26.3 Å². The maximum absolute atomic E-state index is 6.35. The van der Waals surface area contributed by atoms with E-state index in [2.05, 4.69) is 133 Å². The summed E-state index contributed by atoms with van der Waals surface area (Å²) in [7, 11) is 0. The molecule has 1 radical (unpaired) electrons. The van der Waals surface area contributed by atoms with Crippen LogP contribution in [0, 0.1) is 12.1 Å². The topological polar surface area (TPSA) is 38.9 Å². The Bertz CT molecular complexity index is 2060. The maximum Gasteiger partial charge on any atom is 0 e. The standard InChI is InChI=1S/C27H22NO.C14H16GeN.Ir/c1-27(2,3)20-14-15-28-24(17-20)23-11-7-10-22-21-13-12-19(16-25(21)29-26(22)23)18-8-5-4-6-9-18;1-15(2,3)13-9-10-14(16-11-13)12-7-5-4-6-8-12;/h4-10,12-17H,1-3H3;4-7,9-11H,1-3H3;/q2*-1;. The number of nitrogens with zero attached hydrogens (tertiary/aromatic N) is 2. The van der Waals surface area contributed by atoms with Gasteiger partial charge in [-0.15, -0.1) is 18.2 Å². The molecule has 0 saturated heterocycles. The normalized spacial score (nSPS) is 11.5. The number of hydrogen-bond donors (Lipinski definition) is 0. The first-order valence-electron chi connectivity index (χ1n) is 15.4. The van der Waals surface area contributed by atoms with E-state index in [-0.39, 0.29) is 25.5 Å². The molecule has 0 fully saturated rings. The zero-order valence-corrected chi connectivity index (χ0v) is 31.7. The van der Waals surface area contributed by atoms with Gasteiger partial charge >= 0.3 is 99.8 Å². The molecule has 0 spiro atoms.